The highest BCUT2D eigenvalue weighted by atomic mass is 16.3. The van der Waals surface area contributed by atoms with E-state index in [-0.39, 0.29) is 0 Å². The van der Waals surface area contributed by atoms with Crippen LogP contribution in [0.5, 0.6) is 0 Å². The van der Waals surface area contributed by atoms with Crippen molar-refractivity contribution in [1.82, 2.24) is 15.0 Å². The summed E-state index contributed by atoms with van der Waals surface area (Å²) < 4.78 is 12.7. The van der Waals surface area contributed by atoms with Crippen molar-refractivity contribution in [2.45, 2.75) is 6.92 Å². The van der Waals surface area contributed by atoms with Crippen molar-refractivity contribution in [1.29, 1.82) is 0 Å². The largest absolute Gasteiger partial charge is 0.456 e. The first-order valence-corrected chi connectivity index (χ1v) is 16.9. The Morgan fingerprint density at radius 3 is 1.59 bits per heavy atom. The zero-order valence-electron chi connectivity index (χ0n) is 27.9. The maximum absolute atomic E-state index is 6.50. The normalized spacial score (nSPS) is 11.6. The van der Waals surface area contributed by atoms with E-state index in [1.165, 1.54) is 0 Å². The molecule has 6 aromatic carbocycles. The van der Waals surface area contributed by atoms with E-state index in [0.29, 0.717) is 17.5 Å². The van der Waals surface area contributed by atoms with Crippen LogP contribution in [0.1, 0.15) is 18.2 Å². The highest BCUT2D eigenvalue weighted by Gasteiger charge is 2.20. The van der Waals surface area contributed by atoms with Crippen molar-refractivity contribution in [2.75, 3.05) is 0 Å². The molecule has 0 amide bonds. The molecule has 0 spiro atoms. The second-order valence-corrected chi connectivity index (χ2v) is 12.4. The predicted molar refractivity (Wildman–Crippen MR) is 209 cm³/mol. The Kier molecular flexibility index (Phi) is 7.44. The third-order valence-corrected chi connectivity index (χ3v) is 9.20. The van der Waals surface area contributed by atoms with Crippen LogP contribution in [0.15, 0.2) is 161 Å². The average molecular weight is 658 g/mol. The minimum Gasteiger partial charge on any atom is -0.456 e. The Hall–Kier alpha value is -6.85. The minimum absolute atomic E-state index is 0.560. The number of hydrogen-bond acceptors (Lipinski definition) is 5. The molecule has 0 aliphatic rings. The van der Waals surface area contributed by atoms with E-state index >= 15 is 0 Å². The van der Waals surface area contributed by atoms with E-state index in [1.54, 1.807) is 6.08 Å². The van der Waals surface area contributed by atoms with Gasteiger partial charge in [0.1, 0.15) is 22.5 Å². The predicted octanol–water partition coefficient (Wildman–Crippen LogP) is 12.5. The van der Waals surface area contributed by atoms with Crippen LogP contribution in [0.3, 0.4) is 0 Å². The summed E-state index contributed by atoms with van der Waals surface area (Å²) in [6, 6.07) is 47.5. The molecule has 0 aliphatic carbocycles. The molecule has 0 saturated heterocycles. The maximum atomic E-state index is 6.50. The monoisotopic (exact) mass is 657 g/mol. The first kappa shape index (κ1) is 30.2. The molecule has 0 aliphatic heterocycles. The molecular weight excluding hydrogens is 627 g/mol. The molecule has 0 atom stereocenters. The SMILES string of the molecule is C=Cc1oc2ccc3oc4cc(-c5nc(-c6ccccc6)nc(-c6cc(-c7ccccc7)cc(-c7ccccc7)c6)n5)ccc4c3c2c1/C=C\C. The number of furan rings is 2. The van der Waals surface area contributed by atoms with Crippen molar-refractivity contribution >= 4 is 45.1 Å². The molecule has 0 fully saturated rings. The number of allylic oxidation sites excluding steroid dienone is 1. The van der Waals surface area contributed by atoms with Crippen LogP contribution in [0.25, 0.3) is 101 Å². The average Bonchev–Trinajstić information content (AvgIpc) is 3.76. The quantitative estimate of drug-likeness (QED) is 0.171. The van der Waals surface area contributed by atoms with E-state index in [1.807, 2.05) is 73.7 Å². The second kappa shape index (κ2) is 12.6. The van der Waals surface area contributed by atoms with Gasteiger partial charge in [-0.2, -0.15) is 0 Å². The standard InChI is InChI=1S/C46H31N3O2/c1-3-14-36-38(4-2)50-39-23-24-40-43(42(36)39)37-22-21-32(28-41(37)51-40)45-47-44(31-19-12-7-13-20-31)48-46(49-45)35-26-33(29-15-8-5-9-16-29)25-34(27-35)30-17-10-6-11-18-30/h3-28H,2H2,1H3/b14-3-. The fourth-order valence-electron chi connectivity index (χ4n) is 6.82. The molecule has 5 heteroatoms. The van der Waals surface area contributed by atoms with Crippen LogP contribution >= 0.6 is 0 Å². The molecule has 0 N–H and O–H groups in total. The second-order valence-electron chi connectivity index (χ2n) is 12.4. The molecule has 0 unspecified atom stereocenters. The molecule has 3 heterocycles. The van der Waals surface area contributed by atoms with Crippen molar-refractivity contribution in [3.05, 3.63) is 164 Å². The number of benzene rings is 6. The highest BCUT2D eigenvalue weighted by molar-refractivity contribution is 6.21. The van der Waals surface area contributed by atoms with Crippen molar-refractivity contribution in [3.63, 3.8) is 0 Å². The van der Waals surface area contributed by atoms with E-state index in [0.717, 1.165) is 83.2 Å². The molecule has 0 saturated carbocycles. The third-order valence-electron chi connectivity index (χ3n) is 9.20. The summed E-state index contributed by atoms with van der Waals surface area (Å²) in [5.41, 5.74) is 10.3. The van der Waals surface area contributed by atoms with E-state index in [4.69, 9.17) is 23.8 Å². The topological polar surface area (TPSA) is 65.0 Å². The Balaban J connectivity index is 1.25. The van der Waals surface area contributed by atoms with Crippen molar-refractivity contribution in [2.24, 2.45) is 0 Å². The summed E-state index contributed by atoms with van der Waals surface area (Å²) >= 11 is 0. The highest BCUT2D eigenvalue weighted by Crippen LogP contribution is 2.41. The summed E-state index contributed by atoms with van der Waals surface area (Å²) in [7, 11) is 0. The lowest BCUT2D eigenvalue weighted by Crippen LogP contribution is -2.00. The van der Waals surface area contributed by atoms with E-state index in [9.17, 15) is 0 Å². The van der Waals surface area contributed by atoms with Gasteiger partial charge in [-0.05, 0) is 77.7 Å². The number of hydrogen-bond donors (Lipinski definition) is 0. The number of aromatic nitrogens is 3. The summed E-state index contributed by atoms with van der Waals surface area (Å²) in [6.07, 6.45) is 5.82. The van der Waals surface area contributed by atoms with Gasteiger partial charge in [0.2, 0.25) is 0 Å². The van der Waals surface area contributed by atoms with Gasteiger partial charge < -0.3 is 8.83 Å². The van der Waals surface area contributed by atoms with Crippen LogP contribution in [0.4, 0.5) is 0 Å². The minimum atomic E-state index is 0.560. The van der Waals surface area contributed by atoms with Gasteiger partial charge in [0.05, 0.1) is 0 Å². The molecule has 51 heavy (non-hydrogen) atoms. The van der Waals surface area contributed by atoms with Gasteiger partial charge >= 0.3 is 0 Å². The first-order chi connectivity index (χ1) is 25.2. The van der Waals surface area contributed by atoms with Crippen LogP contribution in [-0.4, -0.2) is 15.0 Å². The Morgan fingerprint density at radius 2 is 1.00 bits per heavy atom. The fraction of sp³-hybridized carbons (Fsp3) is 0.0217. The first-order valence-electron chi connectivity index (χ1n) is 16.9. The zero-order chi connectivity index (χ0) is 34.3. The van der Waals surface area contributed by atoms with E-state index < -0.39 is 0 Å². The van der Waals surface area contributed by atoms with Gasteiger partial charge in [0.15, 0.2) is 17.5 Å². The third kappa shape index (κ3) is 5.42. The smallest absolute Gasteiger partial charge is 0.164 e. The Labute approximate surface area is 294 Å². The van der Waals surface area contributed by atoms with Gasteiger partial charge in [-0.15, -0.1) is 0 Å². The van der Waals surface area contributed by atoms with Gasteiger partial charge in [-0.1, -0.05) is 116 Å². The maximum Gasteiger partial charge on any atom is 0.164 e. The lowest BCUT2D eigenvalue weighted by atomic mass is 9.96. The van der Waals surface area contributed by atoms with Gasteiger partial charge in [0, 0.05) is 38.4 Å². The Bertz CT molecular complexity index is 2700. The molecule has 9 rings (SSSR count). The Morgan fingerprint density at radius 1 is 0.471 bits per heavy atom. The summed E-state index contributed by atoms with van der Waals surface area (Å²) in [5.74, 6) is 2.48. The lowest BCUT2D eigenvalue weighted by Gasteiger charge is -2.12. The van der Waals surface area contributed by atoms with Gasteiger partial charge in [0.25, 0.3) is 0 Å². The van der Waals surface area contributed by atoms with Crippen LogP contribution in [0.2, 0.25) is 0 Å². The molecule has 0 radical (unpaired) electrons. The molecule has 242 valence electrons. The van der Waals surface area contributed by atoms with Gasteiger partial charge in [-0.3, -0.25) is 0 Å². The van der Waals surface area contributed by atoms with E-state index in [2.05, 4.69) is 91.5 Å². The number of fused-ring (bicyclic) bond motifs is 5. The molecule has 9 aromatic rings. The summed E-state index contributed by atoms with van der Waals surface area (Å²) in [5, 5.41) is 3.00. The van der Waals surface area contributed by atoms with Crippen LogP contribution in [-0.2, 0) is 0 Å². The summed E-state index contributed by atoms with van der Waals surface area (Å²) in [4.78, 5) is 15.2. The molecule has 5 nitrogen and oxygen atoms in total. The zero-order valence-corrected chi connectivity index (χ0v) is 27.9. The molecule has 0 bridgehead atoms. The van der Waals surface area contributed by atoms with Crippen LogP contribution < -0.4 is 0 Å². The molecular formula is C46H31N3O2. The van der Waals surface area contributed by atoms with Crippen molar-refractivity contribution in [3.8, 4) is 56.4 Å². The number of nitrogens with zero attached hydrogens (tertiary/aromatic N) is 3. The summed E-state index contributed by atoms with van der Waals surface area (Å²) in [6.45, 7) is 5.97. The lowest BCUT2D eigenvalue weighted by molar-refractivity contribution is 0.603. The fourth-order valence-corrected chi connectivity index (χ4v) is 6.82. The van der Waals surface area contributed by atoms with Crippen molar-refractivity contribution < 1.29 is 8.83 Å². The van der Waals surface area contributed by atoms with Gasteiger partial charge in [-0.25, -0.2) is 15.0 Å². The molecule has 3 aromatic heterocycles. The van der Waals surface area contributed by atoms with Crippen LogP contribution in [0, 0.1) is 0 Å². The number of rotatable bonds is 7.